The van der Waals surface area contributed by atoms with E-state index in [0.717, 1.165) is 0 Å². The average Bonchev–Trinajstić information content (AvgIpc) is 2.92. The highest BCUT2D eigenvalue weighted by Gasteiger charge is 2.18. The zero-order valence-corrected chi connectivity index (χ0v) is 14.7. The number of ether oxygens (including phenoxy) is 1. The Morgan fingerprint density at radius 3 is 2.73 bits per heavy atom. The molecule has 0 aliphatic rings. The summed E-state index contributed by atoms with van der Waals surface area (Å²) in [5.41, 5.74) is 0.294. The SMILES string of the molecule is CC(C)Oc1cc2nc(Cl)cn2cc1C(=O)Nc1cccc(C(F)F)n1. The summed E-state index contributed by atoms with van der Waals surface area (Å²) >= 11 is 5.90. The number of pyridine rings is 2. The first-order valence-corrected chi connectivity index (χ1v) is 8.12. The van der Waals surface area contributed by atoms with Crippen LogP contribution in [0.15, 0.2) is 36.7 Å². The molecule has 0 unspecified atom stereocenters. The van der Waals surface area contributed by atoms with E-state index in [1.165, 1.54) is 24.4 Å². The van der Waals surface area contributed by atoms with Gasteiger partial charge < -0.3 is 14.5 Å². The van der Waals surface area contributed by atoms with E-state index >= 15 is 0 Å². The van der Waals surface area contributed by atoms with Crippen molar-refractivity contribution in [2.75, 3.05) is 5.32 Å². The van der Waals surface area contributed by atoms with Crippen LogP contribution < -0.4 is 10.1 Å². The smallest absolute Gasteiger partial charge is 0.280 e. The van der Waals surface area contributed by atoms with Crippen LogP contribution in [0.1, 0.15) is 36.3 Å². The summed E-state index contributed by atoms with van der Waals surface area (Å²) in [5.74, 6) is -0.226. The molecule has 0 aromatic carbocycles. The van der Waals surface area contributed by atoms with Crippen LogP contribution in [0.5, 0.6) is 5.75 Å². The number of hydrogen-bond acceptors (Lipinski definition) is 4. The minimum atomic E-state index is -2.73. The predicted molar refractivity (Wildman–Crippen MR) is 93.1 cm³/mol. The molecule has 3 aromatic heterocycles. The summed E-state index contributed by atoms with van der Waals surface area (Å²) < 4.78 is 32.8. The summed E-state index contributed by atoms with van der Waals surface area (Å²) in [7, 11) is 0. The number of aromatic nitrogens is 3. The van der Waals surface area contributed by atoms with Gasteiger partial charge in [0.25, 0.3) is 12.3 Å². The molecule has 1 amide bonds. The number of hydrogen-bond donors (Lipinski definition) is 1. The Morgan fingerprint density at radius 2 is 2.04 bits per heavy atom. The third-order valence-electron chi connectivity index (χ3n) is 3.37. The molecule has 3 rings (SSSR count). The number of halogens is 3. The first-order valence-electron chi connectivity index (χ1n) is 7.75. The molecule has 3 heterocycles. The van der Waals surface area contributed by atoms with Crippen LogP contribution in [0.4, 0.5) is 14.6 Å². The van der Waals surface area contributed by atoms with Crippen molar-refractivity contribution in [2.24, 2.45) is 0 Å². The second-order valence-corrected chi connectivity index (χ2v) is 6.14. The zero-order chi connectivity index (χ0) is 18.8. The molecule has 0 radical (unpaired) electrons. The van der Waals surface area contributed by atoms with Crippen LogP contribution in [0.2, 0.25) is 5.15 Å². The van der Waals surface area contributed by atoms with Gasteiger partial charge in [0.05, 0.1) is 11.7 Å². The monoisotopic (exact) mass is 380 g/mol. The minimum Gasteiger partial charge on any atom is -0.490 e. The summed E-state index contributed by atoms with van der Waals surface area (Å²) in [5, 5.41) is 2.78. The van der Waals surface area contributed by atoms with Gasteiger partial charge in [0.15, 0.2) is 0 Å². The lowest BCUT2D eigenvalue weighted by Crippen LogP contribution is -2.17. The molecule has 0 fully saturated rings. The van der Waals surface area contributed by atoms with Gasteiger partial charge in [-0.15, -0.1) is 0 Å². The number of rotatable bonds is 5. The number of imidazole rings is 1. The summed E-state index contributed by atoms with van der Waals surface area (Å²) in [4.78, 5) is 20.5. The fourth-order valence-electron chi connectivity index (χ4n) is 2.33. The lowest BCUT2D eigenvalue weighted by atomic mass is 10.2. The lowest BCUT2D eigenvalue weighted by molar-refractivity contribution is 0.101. The zero-order valence-electron chi connectivity index (χ0n) is 13.9. The van der Waals surface area contributed by atoms with E-state index in [1.54, 1.807) is 16.7 Å². The van der Waals surface area contributed by atoms with Crippen LogP contribution >= 0.6 is 11.6 Å². The largest absolute Gasteiger partial charge is 0.490 e. The number of nitrogens with zero attached hydrogens (tertiary/aromatic N) is 3. The normalized spacial score (nSPS) is 11.3. The highest BCUT2D eigenvalue weighted by atomic mass is 35.5. The molecule has 0 atom stereocenters. The van der Waals surface area contributed by atoms with Crippen molar-refractivity contribution < 1.29 is 18.3 Å². The van der Waals surface area contributed by atoms with Crippen molar-refractivity contribution in [3.63, 3.8) is 0 Å². The van der Waals surface area contributed by atoms with Crippen molar-refractivity contribution >= 4 is 29.0 Å². The van der Waals surface area contributed by atoms with Gasteiger partial charge in [0, 0.05) is 18.5 Å². The van der Waals surface area contributed by atoms with Gasteiger partial charge in [-0.2, -0.15) is 0 Å². The number of carbonyl (C=O) groups is 1. The Bertz CT molecular complexity index is 959. The number of carbonyl (C=O) groups excluding carboxylic acids is 1. The number of amides is 1. The topological polar surface area (TPSA) is 68.5 Å². The fourth-order valence-corrected chi connectivity index (χ4v) is 2.52. The second-order valence-electron chi connectivity index (χ2n) is 5.75. The highest BCUT2D eigenvalue weighted by Crippen LogP contribution is 2.25. The van der Waals surface area contributed by atoms with E-state index < -0.39 is 18.0 Å². The average molecular weight is 381 g/mol. The van der Waals surface area contributed by atoms with Crippen LogP contribution in [-0.2, 0) is 0 Å². The summed E-state index contributed by atoms with van der Waals surface area (Å²) in [6.45, 7) is 3.64. The van der Waals surface area contributed by atoms with Crippen LogP contribution in [-0.4, -0.2) is 26.4 Å². The van der Waals surface area contributed by atoms with E-state index in [-0.39, 0.29) is 22.6 Å². The molecule has 0 saturated carbocycles. The summed E-state index contributed by atoms with van der Waals surface area (Å²) in [6.07, 6.45) is 0.145. The third-order valence-corrected chi connectivity index (χ3v) is 3.55. The Kier molecular flexibility index (Phi) is 5.03. The van der Waals surface area contributed by atoms with Crippen LogP contribution in [0.25, 0.3) is 5.65 Å². The number of fused-ring (bicyclic) bond motifs is 1. The van der Waals surface area contributed by atoms with Crippen molar-refractivity contribution in [2.45, 2.75) is 26.4 Å². The number of alkyl halides is 2. The quantitative estimate of drug-likeness (QED) is 0.714. The standard InChI is InChI=1S/C17H15ClF2N4O2/c1-9(2)26-12-6-15-22-13(18)8-24(15)7-10(12)17(25)23-14-5-3-4-11(21-14)16(19)20/h3-9,16H,1-2H3,(H,21,23,25). The minimum absolute atomic E-state index is 0.0204. The molecule has 0 saturated heterocycles. The molecule has 1 N–H and O–H groups in total. The third kappa shape index (κ3) is 3.91. The molecule has 0 aliphatic carbocycles. The van der Waals surface area contributed by atoms with Gasteiger partial charge in [0.1, 0.15) is 28.1 Å². The van der Waals surface area contributed by atoms with E-state index in [2.05, 4.69) is 15.3 Å². The van der Waals surface area contributed by atoms with Crippen LogP contribution in [0.3, 0.4) is 0 Å². The van der Waals surface area contributed by atoms with E-state index in [0.29, 0.717) is 11.4 Å². The Balaban J connectivity index is 1.96. The van der Waals surface area contributed by atoms with Crippen LogP contribution in [0, 0.1) is 0 Å². The van der Waals surface area contributed by atoms with E-state index in [4.69, 9.17) is 16.3 Å². The molecule has 0 spiro atoms. The maximum atomic E-state index is 12.8. The first kappa shape index (κ1) is 18.1. The Morgan fingerprint density at radius 1 is 1.27 bits per heavy atom. The fraction of sp³-hybridized carbons (Fsp3) is 0.235. The number of nitrogens with one attached hydrogen (secondary N) is 1. The Labute approximate surface area is 152 Å². The molecular weight excluding hydrogens is 366 g/mol. The van der Waals surface area contributed by atoms with Gasteiger partial charge in [-0.25, -0.2) is 18.7 Å². The number of anilines is 1. The molecule has 9 heteroatoms. The molecule has 3 aromatic rings. The van der Waals surface area contributed by atoms with Gasteiger partial charge in [-0.1, -0.05) is 17.7 Å². The molecular formula is C17H15ClF2N4O2. The van der Waals surface area contributed by atoms with Crippen molar-refractivity contribution in [1.82, 2.24) is 14.4 Å². The lowest BCUT2D eigenvalue weighted by Gasteiger charge is -2.14. The van der Waals surface area contributed by atoms with Gasteiger partial charge in [-0.05, 0) is 26.0 Å². The second kappa shape index (κ2) is 7.25. The summed E-state index contributed by atoms with van der Waals surface area (Å²) in [6, 6.07) is 5.60. The van der Waals surface area contributed by atoms with E-state index in [9.17, 15) is 13.6 Å². The molecule has 136 valence electrons. The molecule has 6 nitrogen and oxygen atoms in total. The molecule has 26 heavy (non-hydrogen) atoms. The van der Waals surface area contributed by atoms with Gasteiger partial charge in [0.2, 0.25) is 0 Å². The van der Waals surface area contributed by atoms with Crippen molar-refractivity contribution in [3.8, 4) is 5.75 Å². The van der Waals surface area contributed by atoms with Crippen molar-refractivity contribution in [1.29, 1.82) is 0 Å². The van der Waals surface area contributed by atoms with E-state index in [1.807, 2.05) is 13.8 Å². The maximum Gasteiger partial charge on any atom is 0.280 e. The maximum absolute atomic E-state index is 12.8. The Hall–Kier alpha value is -2.74. The highest BCUT2D eigenvalue weighted by molar-refractivity contribution is 6.29. The predicted octanol–water partition coefficient (Wildman–Crippen LogP) is 4.36. The van der Waals surface area contributed by atoms with Gasteiger partial charge in [-0.3, -0.25) is 4.79 Å². The van der Waals surface area contributed by atoms with Crippen molar-refractivity contribution in [3.05, 3.63) is 53.1 Å². The molecule has 0 bridgehead atoms. The molecule has 0 aliphatic heterocycles. The van der Waals surface area contributed by atoms with Gasteiger partial charge >= 0.3 is 0 Å². The first-order chi connectivity index (χ1) is 12.3.